The third-order valence-corrected chi connectivity index (χ3v) is 5.85. The highest BCUT2D eigenvalue weighted by Gasteiger charge is 2.37. The molecule has 1 heterocycles. The van der Waals surface area contributed by atoms with Gasteiger partial charge in [0, 0.05) is 31.5 Å². The molecule has 0 unspecified atom stereocenters. The van der Waals surface area contributed by atoms with Crippen molar-refractivity contribution in [1.82, 2.24) is 14.6 Å². The SMILES string of the molecule is CNc1ccncc1S(=O)(=O)NCC1(N(C)C)CCCC1. The molecule has 0 radical (unpaired) electrons. The lowest BCUT2D eigenvalue weighted by Crippen LogP contribution is -2.50. The fraction of sp³-hybridized carbons (Fsp3) is 0.643. The van der Waals surface area contributed by atoms with Crippen LogP contribution in [0, 0.1) is 0 Å². The van der Waals surface area contributed by atoms with Gasteiger partial charge in [0.15, 0.2) is 0 Å². The van der Waals surface area contributed by atoms with E-state index in [9.17, 15) is 8.42 Å². The summed E-state index contributed by atoms with van der Waals surface area (Å²) in [6, 6.07) is 1.66. The standard InChI is InChI=1S/C14H24N4O2S/c1-15-12-6-9-16-10-13(12)21(19,20)17-11-14(18(2)3)7-4-5-8-14/h6,9-10,17H,4-5,7-8,11H2,1-3H3,(H,15,16). The molecule has 0 aliphatic heterocycles. The fourth-order valence-electron chi connectivity index (χ4n) is 2.92. The van der Waals surface area contributed by atoms with Crippen LogP contribution in [0.3, 0.4) is 0 Å². The molecule has 0 spiro atoms. The highest BCUT2D eigenvalue weighted by atomic mass is 32.2. The minimum absolute atomic E-state index is 0.0743. The van der Waals surface area contributed by atoms with Crippen molar-refractivity contribution in [3.63, 3.8) is 0 Å². The van der Waals surface area contributed by atoms with E-state index in [1.54, 1.807) is 19.3 Å². The monoisotopic (exact) mass is 312 g/mol. The van der Waals surface area contributed by atoms with Crippen molar-refractivity contribution < 1.29 is 8.42 Å². The van der Waals surface area contributed by atoms with E-state index in [0.29, 0.717) is 12.2 Å². The second kappa shape index (κ2) is 6.29. The van der Waals surface area contributed by atoms with E-state index >= 15 is 0 Å². The molecule has 118 valence electrons. The molecular weight excluding hydrogens is 288 g/mol. The number of sulfonamides is 1. The Kier molecular flexibility index (Phi) is 4.85. The summed E-state index contributed by atoms with van der Waals surface area (Å²) in [4.78, 5) is 6.26. The average molecular weight is 312 g/mol. The number of hydrogen-bond donors (Lipinski definition) is 2. The van der Waals surface area contributed by atoms with E-state index in [2.05, 4.69) is 19.9 Å². The van der Waals surface area contributed by atoms with Gasteiger partial charge >= 0.3 is 0 Å². The van der Waals surface area contributed by atoms with Crippen molar-refractivity contribution in [2.75, 3.05) is 33.0 Å². The lowest BCUT2D eigenvalue weighted by atomic mass is 9.97. The molecule has 2 rings (SSSR count). The number of hydrogen-bond acceptors (Lipinski definition) is 5. The molecule has 1 aliphatic carbocycles. The third kappa shape index (κ3) is 3.36. The highest BCUT2D eigenvalue weighted by molar-refractivity contribution is 7.89. The molecule has 0 atom stereocenters. The van der Waals surface area contributed by atoms with Crippen LogP contribution in [-0.2, 0) is 10.0 Å². The number of pyridine rings is 1. The molecule has 7 heteroatoms. The van der Waals surface area contributed by atoms with Gasteiger partial charge in [0.25, 0.3) is 0 Å². The molecular formula is C14H24N4O2S. The molecule has 0 bridgehead atoms. The van der Waals surface area contributed by atoms with Gasteiger partial charge in [-0.05, 0) is 33.0 Å². The summed E-state index contributed by atoms with van der Waals surface area (Å²) < 4.78 is 27.8. The summed E-state index contributed by atoms with van der Waals surface area (Å²) >= 11 is 0. The maximum atomic E-state index is 12.5. The molecule has 1 aliphatic rings. The number of anilines is 1. The van der Waals surface area contributed by atoms with Crippen molar-refractivity contribution in [2.24, 2.45) is 0 Å². The molecule has 0 saturated heterocycles. The number of nitrogens with one attached hydrogen (secondary N) is 2. The summed E-state index contributed by atoms with van der Waals surface area (Å²) in [7, 11) is 2.17. The summed E-state index contributed by atoms with van der Waals surface area (Å²) in [5.41, 5.74) is 0.484. The van der Waals surface area contributed by atoms with Crippen LogP contribution in [0.25, 0.3) is 0 Å². The zero-order valence-electron chi connectivity index (χ0n) is 12.9. The Hall–Kier alpha value is -1.18. The minimum Gasteiger partial charge on any atom is -0.387 e. The van der Waals surface area contributed by atoms with Crippen LogP contribution >= 0.6 is 0 Å². The van der Waals surface area contributed by atoms with E-state index in [-0.39, 0.29) is 10.4 Å². The van der Waals surface area contributed by atoms with E-state index in [1.807, 2.05) is 14.1 Å². The number of aromatic nitrogens is 1. The van der Waals surface area contributed by atoms with Crippen LogP contribution in [0.5, 0.6) is 0 Å². The first-order valence-electron chi connectivity index (χ1n) is 7.20. The molecule has 2 N–H and O–H groups in total. The number of likely N-dealkylation sites (N-methyl/N-ethyl adjacent to an activating group) is 1. The van der Waals surface area contributed by atoms with Crippen molar-refractivity contribution in [3.8, 4) is 0 Å². The largest absolute Gasteiger partial charge is 0.387 e. The molecule has 1 aromatic rings. The first-order valence-corrected chi connectivity index (χ1v) is 8.68. The normalized spacial score (nSPS) is 18.1. The predicted molar refractivity (Wildman–Crippen MR) is 83.9 cm³/mol. The molecule has 21 heavy (non-hydrogen) atoms. The van der Waals surface area contributed by atoms with E-state index < -0.39 is 10.0 Å². The van der Waals surface area contributed by atoms with Gasteiger partial charge in [0.2, 0.25) is 10.0 Å². The maximum Gasteiger partial charge on any atom is 0.244 e. The van der Waals surface area contributed by atoms with Gasteiger partial charge in [-0.3, -0.25) is 4.98 Å². The van der Waals surface area contributed by atoms with Crippen molar-refractivity contribution in [1.29, 1.82) is 0 Å². The van der Waals surface area contributed by atoms with Crippen LogP contribution in [0.1, 0.15) is 25.7 Å². The summed E-state index contributed by atoms with van der Waals surface area (Å²) in [6.45, 7) is 0.431. The quantitative estimate of drug-likeness (QED) is 0.827. The zero-order valence-corrected chi connectivity index (χ0v) is 13.7. The van der Waals surface area contributed by atoms with Crippen LogP contribution < -0.4 is 10.0 Å². The van der Waals surface area contributed by atoms with Crippen molar-refractivity contribution >= 4 is 15.7 Å². The Labute approximate surface area is 127 Å². The van der Waals surface area contributed by atoms with Gasteiger partial charge in [-0.2, -0.15) is 0 Å². The fourth-order valence-corrected chi connectivity index (χ4v) is 4.20. The highest BCUT2D eigenvalue weighted by Crippen LogP contribution is 2.33. The van der Waals surface area contributed by atoms with Crippen molar-refractivity contribution in [3.05, 3.63) is 18.5 Å². The van der Waals surface area contributed by atoms with Gasteiger partial charge in [-0.15, -0.1) is 0 Å². The predicted octanol–water partition coefficient (Wildman–Crippen LogP) is 1.28. The average Bonchev–Trinajstić information content (AvgIpc) is 2.95. The van der Waals surface area contributed by atoms with Gasteiger partial charge in [-0.1, -0.05) is 12.8 Å². The summed E-state index contributed by atoms with van der Waals surface area (Å²) in [5, 5.41) is 2.89. The van der Waals surface area contributed by atoms with Gasteiger partial charge in [-0.25, -0.2) is 13.1 Å². The second-order valence-electron chi connectivity index (χ2n) is 5.77. The molecule has 0 aromatic carbocycles. The summed E-state index contributed by atoms with van der Waals surface area (Å²) in [5.74, 6) is 0. The maximum absolute atomic E-state index is 12.5. The lowest BCUT2D eigenvalue weighted by Gasteiger charge is -2.36. The number of rotatable bonds is 6. The van der Waals surface area contributed by atoms with Crippen LogP contribution in [0.15, 0.2) is 23.4 Å². The molecule has 1 saturated carbocycles. The smallest absolute Gasteiger partial charge is 0.244 e. The Morgan fingerprint density at radius 2 is 2.00 bits per heavy atom. The Morgan fingerprint density at radius 1 is 1.33 bits per heavy atom. The van der Waals surface area contributed by atoms with Gasteiger partial charge in [0.05, 0.1) is 5.69 Å². The van der Waals surface area contributed by atoms with Crippen LogP contribution in [0.4, 0.5) is 5.69 Å². The zero-order chi connectivity index (χ0) is 15.5. The van der Waals surface area contributed by atoms with E-state index in [1.165, 1.54) is 6.20 Å². The van der Waals surface area contributed by atoms with E-state index in [4.69, 9.17) is 0 Å². The summed E-state index contributed by atoms with van der Waals surface area (Å²) in [6.07, 6.45) is 7.29. The molecule has 6 nitrogen and oxygen atoms in total. The third-order valence-electron chi connectivity index (χ3n) is 4.42. The number of nitrogens with zero attached hydrogens (tertiary/aromatic N) is 2. The molecule has 1 aromatic heterocycles. The second-order valence-corrected chi connectivity index (χ2v) is 7.51. The minimum atomic E-state index is -3.56. The van der Waals surface area contributed by atoms with E-state index in [0.717, 1.165) is 25.7 Å². The Balaban J connectivity index is 2.18. The van der Waals surface area contributed by atoms with Gasteiger partial charge < -0.3 is 10.2 Å². The van der Waals surface area contributed by atoms with Crippen molar-refractivity contribution in [2.45, 2.75) is 36.1 Å². The molecule has 1 fully saturated rings. The first kappa shape index (κ1) is 16.2. The lowest BCUT2D eigenvalue weighted by molar-refractivity contribution is 0.162. The van der Waals surface area contributed by atoms with Crippen LogP contribution in [-0.4, -0.2) is 51.5 Å². The first-order chi connectivity index (χ1) is 9.91. The molecule has 0 amide bonds. The Morgan fingerprint density at radius 3 is 2.57 bits per heavy atom. The Bertz CT molecular complexity index is 580. The topological polar surface area (TPSA) is 74.3 Å². The van der Waals surface area contributed by atoms with Crippen LogP contribution in [0.2, 0.25) is 0 Å². The van der Waals surface area contributed by atoms with Gasteiger partial charge in [0.1, 0.15) is 4.90 Å².